The minimum atomic E-state index is -3.54. The van der Waals surface area contributed by atoms with Crippen molar-refractivity contribution in [2.45, 2.75) is 299 Å². The number of carboxylic acids is 1. The van der Waals surface area contributed by atoms with Crippen LogP contribution in [-0.2, 0) is 95.1 Å². The van der Waals surface area contributed by atoms with Crippen molar-refractivity contribution in [3.05, 3.63) is 12.2 Å². The van der Waals surface area contributed by atoms with E-state index in [9.17, 15) is 84.7 Å². The highest BCUT2D eigenvalue weighted by Crippen LogP contribution is 2.34. The molecule has 10 atom stereocenters. The van der Waals surface area contributed by atoms with Crippen LogP contribution in [0, 0.1) is 46.8 Å². The van der Waals surface area contributed by atoms with Gasteiger partial charge < -0.3 is 143 Å². The third kappa shape index (κ3) is 70.8. The Bertz CT molecular complexity index is 3910. The number of likely N-dealkylation sites (tertiary alicyclic amines) is 4. The van der Waals surface area contributed by atoms with Crippen molar-refractivity contribution in [3.63, 3.8) is 0 Å². The Hall–Kier alpha value is -7.29. The number of allylic oxidation sites excluding steroid dienone is 2. The minimum absolute atomic E-state index is 0. The summed E-state index contributed by atoms with van der Waals surface area (Å²) in [4.78, 5) is 153. The van der Waals surface area contributed by atoms with Gasteiger partial charge in [0.1, 0.15) is 30.2 Å². The fourth-order valence-electron chi connectivity index (χ4n) is 18.5. The molecular weight excluding hydrogens is 2000 g/mol. The van der Waals surface area contributed by atoms with E-state index in [1.165, 1.54) is 167 Å². The van der Waals surface area contributed by atoms with Gasteiger partial charge in [0.25, 0.3) is 10.1 Å². The van der Waals surface area contributed by atoms with Crippen LogP contribution in [0.1, 0.15) is 257 Å². The van der Waals surface area contributed by atoms with Crippen LogP contribution in [-0.4, -0.2) is 383 Å². The van der Waals surface area contributed by atoms with Gasteiger partial charge in [-0.2, -0.15) is 13.7 Å². The summed E-state index contributed by atoms with van der Waals surface area (Å²) in [5.41, 5.74) is 55.6. The summed E-state index contributed by atoms with van der Waals surface area (Å²) in [6, 6.07) is -2.83. The van der Waals surface area contributed by atoms with E-state index in [0.29, 0.717) is 136 Å². The quantitative estimate of drug-likeness (QED) is 0.0235. The summed E-state index contributed by atoms with van der Waals surface area (Å²) in [5, 5.41) is 44.3. The van der Waals surface area contributed by atoms with Gasteiger partial charge in [0.05, 0.1) is 96.0 Å². The number of aliphatic hydroxyl groups is 2. The van der Waals surface area contributed by atoms with Crippen molar-refractivity contribution in [3.8, 4) is 6.07 Å². The van der Waals surface area contributed by atoms with E-state index in [2.05, 4.69) is 80.1 Å². The van der Waals surface area contributed by atoms with E-state index in [4.69, 9.17) is 76.0 Å². The first kappa shape index (κ1) is 139. The fourth-order valence-corrected chi connectivity index (χ4v) is 18.9. The number of nitrogens with zero attached hydrogens (tertiary/aromatic N) is 8. The SMILES string of the molecule is C1=CCCCC1.C1CCNCC1.CS(=O)(=O)Cl.CS(=O)(=O)OC[C@H](N)C(N)=O.Cl.N#C[C@H](CN1CCCCC1)NC(=O)C(CC(=O)N1CCOCC1)CC1CCCCC1.NC(=O)[C@@H](N)CN1CCCCC1.NC(=O)[C@@H](N)CN1CCCCC1.NC(=O)[C@@H](N)CO.NC(=O)[C@@H](N)CO.NC(=O)[C@H](CN1CCCCC1)NC(=O)C(CC(=O)N1CCOCC1)CC1CCCCC1.O=C(O)C(CC(=O)N1CCOCC1)CC1CCCCC1. The number of piperidine rings is 5. The van der Waals surface area contributed by atoms with Gasteiger partial charge in [-0.3, -0.25) is 61.7 Å². The van der Waals surface area contributed by atoms with Crippen LogP contribution in [0.4, 0.5) is 0 Å². The average molecular weight is 2190 g/mol. The second-order valence-corrected chi connectivity index (χ2v) is 44.7. The first-order valence-corrected chi connectivity index (χ1v) is 58.0. The number of aliphatic hydroxyl groups excluding tert-OH is 2. The molecule has 3 saturated carbocycles. The molecule has 12 rings (SSSR count). The maximum atomic E-state index is 13.3. The maximum absolute atomic E-state index is 13.3. The molecule has 8 heterocycles. The molecule has 45 nitrogen and oxygen atoms in total. The molecule has 28 N–H and O–H groups in total. The smallest absolute Gasteiger partial charge is 0.307 e. The summed E-state index contributed by atoms with van der Waals surface area (Å²) in [6.45, 7) is 18.6. The highest BCUT2D eigenvalue weighted by molar-refractivity contribution is 8.13. The van der Waals surface area contributed by atoms with Crippen LogP contribution in [0.15, 0.2) is 12.2 Å². The highest BCUT2D eigenvalue weighted by atomic mass is 35.7. The van der Waals surface area contributed by atoms with Crippen LogP contribution < -0.4 is 79.0 Å². The number of nitriles is 1. The lowest BCUT2D eigenvalue weighted by molar-refractivity contribution is -0.148. The number of hydrogen-bond acceptors (Lipinski definition) is 33. The highest BCUT2D eigenvalue weighted by Gasteiger charge is 2.36. The number of halogens is 2. The normalized spacial score (nSPS) is 20.8. The third-order valence-corrected chi connectivity index (χ3v) is 27.8. The Morgan fingerprint density at radius 2 is 0.676 bits per heavy atom. The molecule has 11 fully saturated rings. The average Bonchev–Trinajstić information content (AvgIpc) is 0.857. The van der Waals surface area contributed by atoms with Crippen LogP contribution in [0.3, 0.4) is 0 Å². The number of primary amides is 6. The predicted molar refractivity (Wildman–Crippen MR) is 571 cm³/mol. The van der Waals surface area contributed by atoms with Gasteiger partial charge in [-0.05, 0) is 192 Å². The fraction of sp³-hybridized carbons (Fsp3) is 0.848. The largest absolute Gasteiger partial charge is 0.481 e. The zero-order valence-corrected chi connectivity index (χ0v) is 91.7. The number of carboxylic acid groups (broad SMARTS) is 1. The molecule has 148 heavy (non-hydrogen) atoms. The van der Waals surface area contributed by atoms with Crippen molar-refractivity contribution < 1.29 is 108 Å². The third-order valence-electron chi connectivity index (χ3n) is 27.2. The summed E-state index contributed by atoms with van der Waals surface area (Å²) in [6.07, 6.45) is 50.9. The molecular formula is C99H188Cl2N22O23S2. The number of rotatable bonds is 36. The van der Waals surface area contributed by atoms with Crippen LogP contribution >= 0.6 is 23.1 Å². The topological polar surface area (TPSA) is 740 Å². The summed E-state index contributed by atoms with van der Waals surface area (Å²) in [7, 11) is -2.23. The molecule has 4 aliphatic carbocycles. The van der Waals surface area contributed by atoms with Gasteiger partial charge in [-0.25, -0.2) is 8.42 Å². The Kier molecular flexibility index (Phi) is 78.0. The standard InChI is InChI=1S/C23H40N4O4.C23H38N4O3.C15H25NO4.2C8H17N3O.C6H10.C5H11N.C4H10N2O4S.2C3H8N2O2.CH3ClO2S.ClH/c24-22(29)20(17-26-9-5-2-6-10-26)25-23(30)19(15-18-7-3-1-4-8-18)16-21(28)27-11-13-31-14-12-27;24-17-21(18-26-9-5-2-6-10-26)25-23(29)20(15-19-7-3-1-4-8-19)16-22(28)27-11-13-30-14-12-27;17-14(16-6-8-20-9-7-16)11-13(15(18)19)10-12-4-2-1-3-5-12;2*9-7(8(10)12)6-11-4-2-1-3-5-11;2*1-2-4-6-5-3-1;1-11(8,9)10-2-3(5)4(6)7;2*4-2(1-6)3(5)7;1-5(2,3)4;/h18-20H,1-17H2,(H2,24,29)(H,25,30);19-21H,1-16,18H2,(H,25,29);12-13H,1-11H2,(H,18,19);2*7H,1-6,9H2,(H2,10,12);1-2H,3-6H2;6H,1-5H2;3H,2,5H2,1H3,(H2,6,7);2*2,6H,1,4H2,(H2,5,7);1H3;1H/t19?,20-;20?,21-;;2*7-;;;3-;2*2-;;/m01.00..000../s1. The number of nitrogens with one attached hydrogen (secondary N) is 3. The van der Waals surface area contributed by atoms with Crippen molar-refractivity contribution in [1.82, 2.24) is 50.2 Å². The zero-order chi connectivity index (χ0) is 109. The number of carbonyl (C=O) groups is 12. The van der Waals surface area contributed by atoms with Gasteiger partial charge in [0.2, 0.25) is 74.0 Å². The number of morpholine rings is 3. The first-order chi connectivity index (χ1) is 69.9. The summed E-state index contributed by atoms with van der Waals surface area (Å²) >= 11 is 0. The van der Waals surface area contributed by atoms with Crippen molar-refractivity contribution in [2.75, 3.05) is 203 Å². The molecule has 12 aliphatic rings. The van der Waals surface area contributed by atoms with Crippen LogP contribution in [0.25, 0.3) is 0 Å². The maximum Gasteiger partial charge on any atom is 0.307 e. The van der Waals surface area contributed by atoms with Gasteiger partial charge >= 0.3 is 5.97 Å². The number of amides is 11. The Balaban J connectivity index is 0.000000862. The second kappa shape index (κ2) is 83.2. The molecule has 858 valence electrons. The van der Waals surface area contributed by atoms with E-state index >= 15 is 0 Å². The molecule has 49 heteroatoms. The number of ether oxygens (including phenoxy) is 3. The van der Waals surface area contributed by atoms with Gasteiger partial charge in [-0.15, -0.1) is 12.4 Å². The molecule has 8 aliphatic heterocycles. The number of nitrogens with two attached hydrogens (primary N) is 11. The Labute approximate surface area is 890 Å². The van der Waals surface area contributed by atoms with Gasteiger partial charge in [-0.1, -0.05) is 141 Å². The van der Waals surface area contributed by atoms with E-state index in [0.717, 1.165) is 135 Å². The number of hydrogen-bond donors (Lipinski definition) is 17. The summed E-state index contributed by atoms with van der Waals surface area (Å²) in [5.74, 6) is -4.41. The lowest BCUT2D eigenvalue weighted by Crippen LogP contribution is -2.53. The molecule has 11 amide bonds. The Morgan fingerprint density at radius 3 is 0.919 bits per heavy atom. The van der Waals surface area contributed by atoms with Gasteiger partial charge in [0, 0.05) is 107 Å². The van der Waals surface area contributed by atoms with Crippen molar-refractivity contribution in [1.29, 1.82) is 5.26 Å². The van der Waals surface area contributed by atoms with Crippen LogP contribution in [0.5, 0.6) is 0 Å². The number of aliphatic carboxylic acids is 1. The molecule has 0 radical (unpaired) electrons. The zero-order valence-electron chi connectivity index (χ0n) is 88.5. The molecule has 0 spiro atoms. The lowest BCUT2D eigenvalue weighted by atomic mass is 9.81. The lowest BCUT2D eigenvalue weighted by Gasteiger charge is -2.32. The monoisotopic (exact) mass is 2190 g/mol. The second-order valence-electron chi connectivity index (χ2n) is 40.0. The van der Waals surface area contributed by atoms with Crippen LogP contribution in [0.2, 0.25) is 0 Å². The molecule has 3 unspecified atom stereocenters. The van der Waals surface area contributed by atoms with E-state index in [-0.39, 0.29) is 80.3 Å². The van der Waals surface area contributed by atoms with E-state index < -0.39 is 121 Å². The predicted octanol–water partition coefficient (Wildman–Crippen LogP) is 0.911. The van der Waals surface area contributed by atoms with Crippen molar-refractivity contribution >= 4 is 113 Å². The molecule has 0 aromatic carbocycles. The number of carbonyl (C=O) groups excluding carboxylic acids is 11. The van der Waals surface area contributed by atoms with E-state index in [1.807, 2.05) is 4.90 Å². The van der Waals surface area contributed by atoms with Crippen molar-refractivity contribution in [2.24, 2.45) is 98.6 Å². The van der Waals surface area contributed by atoms with Gasteiger partial charge in [0.15, 0.2) is 0 Å². The minimum Gasteiger partial charge on any atom is -0.481 e. The molecule has 0 aromatic heterocycles. The van der Waals surface area contributed by atoms with E-state index in [1.54, 1.807) is 9.80 Å². The molecule has 8 saturated heterocycles. The first-order valence-electron chi connectivity index (χ1n) is 53.5. The molecule has 0 bridgehead atoms. The Morgan fingerprint density at radius 1 is 0.399 bits per heavy atom. The summed E-state index contributed by atoms with van der Waals surface area (Å²) < 4.78 is 59.6. The molecule has 0 aromatic rings.